The van der Waals surface area contributed by atoms with Gasteiger partial charge in [-0.1, -0.05) is 0 Å². The zero-order valence-electron chi connectivity index (χ0n) is 11.6. The van der Waals surface area contributed by atoms with E-state index in [-0.39, 0.29) is 50.5 Å². The maximum absolute atomic E-state index is 13.2. The number of hydrogen-bond donors (Lipinski definition) is 2. The number of imidazole rings is 1. The second-order valence-corrected chi connectivity index (χ2v) is 4.91. The molecule has 8 heteroatoms. The zero-order chi connectivity index (χ0) is 15.0. The fourth-order valence-electron chi connectivity index (χ4n) is 2.79. The molecule has 1 aromatic heterocycles. The molecular formula is C14H13F2N4OY-. The molecule has 2 unspecified atom stereocenters. The van der Waals surface area contributed by atoms with E-state index >= 15 is 0 Å². The summed E-state index contributed by atoms with van der Waals surface area (Å²) in [7, 11) is 0. The third kappa shape index (κ3) is 2.61. The van der Waals surface area contributed by atoms with Gasteiger partial charge in [0.25, 0.3) is 0 Å². The molecule has 2 aliphatic rings. The van der Waals surface area contributed by atoms with Crippen LogP contribution in [0, 0.1) is 5.92 Å². The summed E-state index contributed by atoms with van der Waals surface area (Å²) in [6, 6.07) is -0.471. The minimum atomic E-state index is -0.471. The van der Waals surface area contributed by atoms with E-state index in [1.54, 1.807) is 4.57 Å². The summed E-state index contributed by atoms with van der Waals surface area (Å²) >= 11 is 0. The molecule has 1 aromatic rings. The van der Waals surface area contributed by atoms with Crippen LogP contribution in [0.4, 0.5) is 14.6 Å². The van der Waals surface area contributed by atoms with Gasteiger partial charge in [-0.2, -0.15) is 0 Å². The van der Waals surface area contributed by atoms with Crippen LogP contribution in [0.25, 0.3) is 5.70 Å². The first-order valence-electron chi connectivity index (χ1n) is 6.40. The monoisotopic (exact) mass is 380 g/mol. The molecule has 113 valence electrons. The molecule has 22 heavy (non-hydrogen) atoms. The van der Waals surface area contributed by atoms with Crippen molar-refractivity contribution in [2.45, 2.75) is 12.5 Å². The predicted octanol–water partition coefficient (Wildman–Crippen LogP) is 2.25. The number of hydrogen-bond acceptors (Lipinski definition) is 4. The number of aromatic nitrogens is 2. The molecule has 1 aliphatic carbocycles. The van der Waals surface area contributed by atoms with E-state index in [4.69, 9.17) is 0 Å². The van der Waals surface area contributed by atoms with Crippen LogP contribution < -0.4 is 5.32 Å². The number of halogens is 2. The average molecular weight is 380 g/mol. The van der Waals surface area contributed by atoms with Crippen molar-refractivity contribution in [3.05, 3.63) is 42.4 Å². The van der Waals surface area contributed by atoms with Crippen LogP contribution in [0.15, 0.2) is 41.7 Å². The van der Waals surface area contributed by atoms with E-state index in [1.807, 2.05) is 0 Å². The van der Waals surface area contributed by atoms with Crippen molar-refractivity contribution in [1.29, 1.82) is 0 Å². The van der Waals surface area contributed by atoms with E-state index in [0.717, 1.165) is 0 Å². The number of aliphatic hydroxyl groups excluding tert-OH is 1. The molecule has 2 atom stereocenters. The van der Waals surface area contributed by atoms with Crippen molar-refractivity contribution in [2.24, 2.45) is 10.9 Å². The molecular weight excluding hydrogens is 367 g/mol. The Bertz CT molecular complexity index is 680. The van der Waals surface area contributed by atoms with Crippen LogP contribution in [0.3, 0.4) is 0 Å². The Balaban J connectivity index is 0.00000176. The van der Waals surface area contributed by atoms with E-state index in [1.165, 1.54) is 6.33 Å². The third-order valence-corrected chi connectivity index (χ3v) is 3.85. The van der Waals surface area contributed by atoms with Crippen molar-refractivity contribution < 1.29 is 46.6 Å². The summed E-state index contributed by atoms with van der Waals surface area (Å²) in [5.74, 6) is 0.0397. The number of rotatable bonds is 2. The van der Waals surface area contributed by atoms with Crippen LogP contribution >= 0.6 is 0 Å². The SMILES string of the molecule is C=C1N[C-]=Nc2c1ncn2C1CC(CO)C(=C/F)/C1=C\F.[Y]. The fraction of sp³-hybridized carbons (Fsp3) is 0.286. The van der Waals surface area contributed by atoms with Crippen LogP contribution in [-0.2, 0) is 32.7 Å². The summed E-state index contributed by atoms with van der Waals surface area (Å²) in [4.78, 5) is 8.27. The average Bonchev–Trinajstić information content (AvgIpc) is 3.07. The molecule has 1 aliphatic heterocycles. The molecule has 1 saturated carbocycles. The maximum atomic E-state index is 13.2. The number of fused-ring (bicyclic) bond motifs is 1. The molecule has 3 rings (SSSR count). The normalized spacial score (nSPS) is 27.0. The molecule has 0 spiro atoms. The Hall–Kier alpha value is -1.18. The Morgan fingerprint density at radius 1 is 1.45 bits per heavy atom. The van der Waals surface area contributed by atoms with Gasteiger partial charge in [0.05, 0.1) is 31.6 Å². The molecule has 1 radical (unpaired) electrons. The summed E-state index contributed by atoms with van der Waals surface area (Å²) in [6.07, 6.45) is 5.20. The van der Waals surface area contributed by atoms with Gasteiger partial charge in [0.15, 0.2) is 0 Å². The Morgan fingerprint density at radius 3 is 2.82 bits per heavy atom. The van der Waals surface area contributed by atoms with Gasteiger partial charge < -0.3 is 20.0 Å². The van der Waals surface area contributed by atoms with E-state index in [0.29, 0.717) is 36.3 Å². The fourth-order valence-corrected chi connectivity index (χ4v) is 2.79. The van der Waals surface area contributed by atoms with Crippen LogP contribution in [0.2, 0.25) is 0 Å². The predicted molar refractivity (Wildman–Crippen MR) is 74.1 cm³/mol. The Labute approximate surface area is 151 Å². The minimum Gasteiger partial charge on any atom is -0.452 e. The summed E-state index contributed by atoms with van der Waals surface area (Å²) in [6.45, 7) is 3.54. The molecule has 0 amide bonds. The van der Waals surface area contributed by atoms with Crippen LogP contribution in [0.5, 0.6) is 0 Å². The van der Waals surface area contributed by atoms with Gasteiger partial charge in [0.2, 0.25) is 0 Å². The second kappa shape index (κ2) is 6.94. The topological polar surface area (TPSA) is 62.4 Å². The van der Waals surface area contributed by atoms with Gasteiger partial charge >= 0.3 is 0 Å². The number of aliphatic imine (C=N–C) groups is 1. The van der Waals surface area contributed by atoms with Crippen LogP contribution in [0.1, 0.15) is 18.2 Å². The number of allylic oxidation sites excluding steroid dienone is 1. The molecule has 2 N–H and O–H groups in total. The molecule has 0 saturated heterocycles. The number of nitrogens with one attached hydrogen (secondary N) is 1. The Morgan fingerprint density at radius 2 is 2.18 bits per heavy atom. The first-order valence-corrected chi connectivity index (χ1v) is 6.40. The quantitative estimate of drug-likeness (QED) is 0.774. The van der Waals surface area contributed by atoms with Gasteiger partial charge in [0, 0.05) is 62.1 Å². The number of nitrogens with zero attached hydrogens (tertiary/aromatic N) is 3. The smallest absolute Gasteiger partial charge is 0.0923 e. The first kappa shape index (κ1) is 17.2. The molecule has 0 aromatic carbocycles. The Kier molecular flexibility index (Phi) is 5.42. The molecule has 2 heterocycles. The molecule has 5 nitrogen and oxygen atoms in total. The zero-order valence-corrected chi connectivity index (χ0v) is 14.5. The molecule has 1 fully saturated rings. The first-order chi connectivity index (χ1) is 10.2. The van der Waals surface area contributed by atoms with Crippen LogP contribution in [-0.4, -0.2) is 27.6 Å². The van der Waals surface area contributed by atoms with Crippen molar-refractivity contribution in [3.63, 3.8) is 0 Å². The van der Waals surface area contributed by atoms with Crippen molar-refractivity contribution in [2.75, 3.05) is 6.61 Å². The van der Waals surface area contributed by atoms with Crippen molar-refractivity contribution >= 4 is 17.9 Å². The largest absolute Gasteiger partial charge is 0.452 e. The second-order valence-electron chi connectivity index (χ2n) is 4.91. The van der Waals surface area contributed by atoms with Gasteiger partial charge in [-0.25, -0.2) is 8.78 Å². The standard InChI is InChI=1S/C14H13F2N4O.Y/c1-8-13-14(18-6-17-8)20(7-19-13)12-2-9(5-21)10(3-15)11(12)4-16;/h3-4,7,9,12,21H,1-2,5H2,(H,17,18);/q-1;/b10-3-,11-4+;. The van der Waals surface area contributed by atoms with Gasteiger partial charge in [0.1, 0.15) is 0 Å². The maximum Gasteiger partial charge on any atom is 0.0923 e. The van der Waals surface area contributed by atoms with Gasteiger partial charge in [-0.05, 0) is 17.7 Å². The van der Waals surface area contributed by atoms with Gasteiger partial charge in [-0.15, -0.1) is 6.58 Å². The van der Waals surface area contributed by atoms with E-state index in [2.05, 4.69) is 28.2 Å². The molecule has 0 bridgehead atoms. The van der Waals surface area contributed by atoms with Crippen molar-refractivity contribution in [1.82, 2.24) is 14.9 Å². The summed E-state index contributed by atoms with van der Waals surface area (Å²) in [5, 5.41) is 12.1. The summed E-state index contributed by atoms with van der Waals surface area (Å²) < 4.78 is 27.9. The minimum absolute atomic E-state index is 0. The summed E-state index contributed by atoms with van der Waals surface area (Å²) in [5.41, 5.74) is 1.46. The third-order valence-electron chi connectivity index (χ3n) is 3.85. The van der Waals surface area contributed by atoms with Crippen molar-refractivity contribution in [3.8, 4) is 0 Å². The van der Waals surface area contributed by atoms with Gasteiger partial charge in [-0.3, -0.25) is 4.98 Å². The van der Waals surface area contributed by atoms with E-state index in [9.17, 15) is 13.9 Å². The van der Waals surface area contributed by atoms with E-state index < -0.39 is 12.0 Å². The number of aliphatic hydroxyl groups is 1.